The van der Waals surface area contributed by atoms with E-state index in [1.54, 1.807) is 18.2 Å². The molecule has 1 saturated heterocycles. The molecule has 0 saturated carbocycles. The Kier molecular flexibility index (Phi) is 2.98. The SMILES string of the molecule is O=C1CN(c2ccc3c(c2)OCCCO3)C(=O)CN1. The van der Waals surface area contributed by atoms with Gasteiger partial charge in [0, 0.05) is 18.2 Å². The zero-order valence-corrected chi connectivity index (χ0v) is 10.3. The molecule has 2 aliphatic rings. The summed E-state index contributed by atoms with van der Waals surface area (Å²) >= 11 is 0. The number of benzene rings is 1. The first-order chi connectivity index (χ1) is 9.24. The van der Waals surface area contributed by atoms with Crippen LogP contribution in [0.4, 0.5) is 5.69 Å². The predicted molar refractivity (Wildman–Crippen MR) is 67.4 cm³/mol. The van der Waals surface area contributed by atoms with Gasteiger partial charge in [-0.2, -0.15) is 0 Å². The molecule has 0 aromatic heterocycles. The molecule has 0 bridgehead atoms. The average molecular weight is 262 g/mol. The van der Waals surface area contributed by atoms with E-state index >= 15 is 0 Å². The number of ether oxygens (including phenoxy) is 2. The first kappa shape index (κ1) is 11.8. The maximum Gasteiger partial charge on any atom is 0.246 e. The van der Waals surface area contributed by atoms with Crippen molar-refractivity contribution in [2.45, 2.75) is 6.42 Å². The number of nitrogens with zero attached hydrogens (tertiary/aromatic N) is 1. The molecule has 0 spiro atoms. The molecule has 6 heteroatoms. The smallest absolute Gasteiger partial charge is 0.246 e. The Morgan fingerprint density at radius 2 is 1.89 bits per heavy atom. The van der Waals surface area contributed by atoms with Crippen molar-refractivity contribution in [1.29, 1.82) is 0 Å². The van der Waals surface area contributed by atoms with Crippen LogP contribution < -0.4 is 19.7 Å². The van der Waals surface area contributed by atoms with Crippen LogP contribution in [0.2, 0.25) is 0 Å². The number of carbonyl (C=O) groups excluding carboxylic acids is 2. The minimum absolute atomic E-state index is 0.0350. The van der Waals surface area contributed by atoms with E-state index in [4.69, 9.17) is 9.47 Å². The number of carbonyl (C=O) groups is 2. The summed E-state index contributed by atoms with van der Waals surface area (Å²) in [7, 11) is 0. The van der Waals surface area contributed by atoms with Crippen LogP contribution in [0.15, 0.2) is 18.2 Å². The molecule has 1 fully saturated rings. The van der Waals surface area contributed by atoms with Gasteiger partial charge in [-0.25, -0.2) is 0 Å². The van der Waals surface area contributed by atoms with Crippen molar-refractivity contribution in [3.05, 3.63) is 18.2 Å². The van der Waals surface area contributed by atoms with E-state index in [1.807, 2.05) is 0 Å². The van der Waals surface area contributed by atoms with Crippen LogP contribution in [0.5, 0.6) is 11.5 Å². The predicted octanol–water partition coefficient (Wildman–Crippen LogP) is 0.311. The highest BCUT2D eigenvalue weighted by molar-refractivity contribution is 6.04. The molecule has 6 nitrogen and oxygen atoms in total. The second-order valence-corrected chi connectivity index (χ2v) is 4.44. The fourth-order valence-electron chi connectivity index (χ4n) is 2.11. The van der Waals surface area contributed by atoms with Crippen LogP contribution in [0, 0.1) is 0 Å². The quantitative estimate of drug-likeness (QED) is 0.791. The normalized spacial score (nSPS) is 18.8. The minimum Gasteiger partial charge on any atom is -0.490 e. The Morgan fingerprint density at radius 1 is 1.11 bits per heavy atom. The molecule has 0 atom stereocenters. The van der Waals surface area contributed by atoms with E-state index in [1.165, 1.54) is 4.90 Å². The number of nitrogens with one attached hydrogen (secondary N) is 1. The summed E-state index contributed by atoms with van der Waals surface area (Å²) < 4.78 is 11.1. The summed E-state index contributed by atoms with van der Waals surface area (Å²) in [4.78, 5) is 24.6. The van der Waals surface area contributed by atoms with Crippen molar-refractivity contribution in [3.8, 4) is 11.5 Å². The Labute approximate surface area is 110 Å². The molecule has 19 heavy (non-hydrogen) atoms. The van der Waals surface area contributed by atoms with E-state index in [-0.39, 0.29) is 24.9 Å². The molecule has 2 aliphatic heterocycles. The van der Waals surface area contributed by atoms with E-state index in [2.05, 4.69) is 5.32 Å². The molecule has 2 amide bonds. The van der Waals surface area contributed by atoms with Crippen molar-refractivity contribution in [3.63, 3.8) is 0 Å². The number of amides is 2. The van der Waals surface area contributed by atoms with Gasteiger partial charge in [0.05, 0.1) is 19.8 Å². The standard InChI is InChI=1S/C13H14N2O4/c16-12-8-15(13(17)7-14-12)9-2-3-10-11(6-9)19-5-1-4-18-10/h2-3,6H,1,4-5,7-8H2,(H,14,16). The van der Waals surface area contributed by atoms with Gasteiger partial charge in [-0.3, -0.25) is 9.59 Å². The molecule has 3 rings (SSSR count). The Balaban J connectivity index is 1.90. The summed E-state index contributed by atoms with van der Waals surface area (Å²) in [6.07, 6.45) is 0.828. The lowest BCUT2D eigenvalue weighted by Crippen LogP contribution is -2.51. The van der Waals surface area contributed by atoms with E-state index in [0.717, 1.165) is 6.42 Å². The van der Waals surface area contributed by atoms with Crippen LogP contribution in [-0.2, 0) is 9.59 Å². The van der Waals surface area contributed by atoms with Crippen LogP contribution in [0.1, 0.15) is 6.42 Å². The second-order valence-electron chi connectivity index (χ2n) is 4.44. The number of rotatable bonds is 1. The largest absolute Gasteiger partial charge is 0.490 e. The number of hydrogen-bond donors (Lipinski definition) is 1. The molecular weight excluding hydrogens is 248 g/mol. The molecule has 0 radical (unpaired) electrons. The van der Waals surface area contributed by atoms with E-state index in [0.29, 0.717) is 30.4 Å². The van der Waals surface area contributed by atoms with Crippen molar-refractivity contribution >= 4 is 17.5 Å². The fourth-order valence-corrected chi connectivity index (χ4v) is 2.11. The first-order valence-electron chi connectivity index (χ1n) is 6.21. The number of anilines is 1. The lowest BCUT2D eigenvalue weighted by atomic mass is 10.2. The highest BCUT2D eigenvalue weighted by atomic mass is 16.5. The Hall–Kier alpha value is -2.24. The Morgan fingerprint density at radius 3 is 2.74 bits per heavy atom. The highest BCUT2D eigenvalue weighted by Gasteiger charge is 2.25. The van der Waals surface area contributed by atoms with Gasteiger partial charge in [0.15, 0.2) is 11.5 Å². The second kappa shape index (κ2) is 4.79. The number of fused-ring (bicyclic) bond motifs is 1. The third kappa shape index (κ3) is 2.33. The van der Waals surface area contributed by atoms with Gasteiger partial charge in [0.25, 0.3) is 0 Å². The first-order valence-corrected chi connectivity index (χ1v) is 6.21. The number of piperazine rings is 1. The molecular formula is C13H14N2O4. The molecule has 1 aromatic carbocycles. The molecule has 1 N–H and O–H groups in total. The zero-order chi connectivity index (χ0) is 13.2. The topological polar surface area (TPSA) is 67.9 Å². The van der Waals surface area contributed by atoms with Crippen molar-refractivity contribution in [2.24, 2.45) is 0 Å². The van der Waals surface area contributed by atoms with Crippen molar-refractivity contribution < 1.29 is 19.1 Å². The van der Waals surface area contributed by atoms with Crippen LogP contribution >= 0.6 is 0 Å². The van der Waals surface area contributed by atoms with Gasteiger partial charge < -0.3 is 19.7 Å². The maximum absolute atomic E-state index is 11.8. The van der Waals surface area contributed by atoms with E-state index < -0.39 is 0 Å². The lowest BCUT2D eigenvalue weighted by molar-refractivity contribution is -0.128. The fraction of sp³-hybridized carbons (Fsp3) is 0.385. The number of hydrogen-bond acceptors (Lipinski definition) is 4. The van der Waals surface area contributed by atoms with E-state index in [9.17, 15) is 9.59 Å². The third-order valence-corrected chi connectivity index (χ3v) is 3.08. The maximum atomic E-state index is 11.8. The third-order valence-electron chi connectivity index (χ3n) is 3.08. The monoisotopic (exact) mass is 262 g/mol. The Bertz CT molecular complexity index is 529. The average Bonchev–Trinajstić information content (AvgIpc) is 2.66. The van der Waals surface area contributed by atoms with Crippen LogP contribution in [0.25, 0.3) is 0 Å². The summed E-state index contributed by atoms with van der Waals surface area (Å²) in [5, 5.41) is 2.52. The summed E-state index contributed by atoms with van der Waals surface area (Å²) in [5.41, 5.74) is 0.657. The molecule has 0 unspecified atom stereocenters. The lowest BCUT2D eigenvalue weighted by Gasteiger charge is -2.27. The molecule has 2 heterocycles. The molecule has 0 aliphatic carbocycles. The van der Waals surface area contributed by atoms with Gasteiger partial charge in [-0.1, -0.05) is 0 Å². The summed E-state index contributed by atoms with van der Waals surface area (Å²) in [6.45, 7) is 1.29. The minimum atomic E-state index is -0.160. The van der Waals surface area contributed by atoms with Crippen LogP contribution in [-0.4, -0.2) is 38.1 Å². The summed E-state index contributed by atoms with van der Waals surface area (Å²) in [5.74, 6) is 1.00. The highest BCUT2D eigenvalue weighted by Crippen LogP contribution is 2.33. The van der Waals surface area contributed by atoms with Crippen molar-refractivity contribution in [1.82, 2.24) is 5.32 Å². The zero-order valence-electron chi connectivity index (χ0n) is 10.3. The van der Waals surface area contributed by atoms with Gasteiger partial charge in [-0.15, -0.1) is 0 Å². The van der Waals surface area contributed by atoms with Crippen molar-refractivity contribution in [2.75, 3.05) is 31.2 Å². The van der Waals surface area contributed by atoms with Gasteiger partial charge in [0.1, 0.15) is 6.54 Å². The molecule has 1 aromatic rings. The van der Waals surface area contributed by atoms with Crippen LogP contribution in [0.3, 0.4) is 0 Å². The van der Waals surface area contributed by atoms with Gasteiger partial charge in [-0.05, 0) is 12.1 Å². The van der Waals surface area contributed by atoms with Gasteiger partial charge in [0.2, 0.25) is 11.8 Å². The summed E-state index contributed by atoms with van der Waals surface area (Å²) in [6, 6.07) is 5.29. The van der Waals surface area contributed by atoms with Gasteiger partial charge >= 0.3 is 0 Å². The molecule has 100 valence electrons.